The van der Waals surface area contributed by atoms with Gasteiger partial charge < -0.3 is 15.4 Å². The molecule has 2 N–H and O–H groups in total. The second-order valence-electron chi connectivity index (χ2n) is 5.74. The summed E-state index contributed by atoms with van der Waals surface area (Å²) >= 11 is 5.57. The number of rotatable bonds is 9. The third-order valence-electron chi connectivity index (χ3n) is 3.63. The Morgan fingerprint density at radius 2 is 1.85 bits per heavy atom. The Labute approximate surface area is 162 Å². The van der Waals surface area contributed by atoms with Gasteiger partial charge in [0.2, 0.25) is 5.91 Å². The number of benzene rings is 2. The molecular weight excluding hydrogens is 371 g/mol. The Kier molecular flexibility index (Phi) is 7.82. The average Bonchev–Trinajstić information content (AvgIpc) is 2.67. The van der Waals surface area contributed by atoms with E-state index in [9.17, 15) is 14.0 Å². The molecular formula is C20H20ClFN2O3. The Hall–Kier alpha value is -2.86. The number of hydrogen-bond acceptors (Lipinski definition) is 3. The van der Waals surface area contributed by atoms with Crippen LogP contribution in [0.2, 0.25) is 5.02 Å². The topological polar surface area (TPSA) is 67.4 Å². The monoisotopic (exact) mass is 390 g/mol. The first-order valence-corrected chi connectivity index (χ1v) is 8.68. The van der Waals surface area contributed by atoms with Crippen LogP contribution in [0.1, 0.15) is 12.0 Å². The van der Waals surface area contributed by atoms with E-state index in [1.807, 2.05) is 30.3 Å². The van der Waals surface area contributed by atoms with E-state index in [0.717, 1.165) is 11.6 Å². The molecule has 2 aromatic carbocycles. The van der Waals surface area contributed by atoms with Gasteiger partial charge in [0.1, 0.15) is 11.6 Å². The molecule has 0 saturated carbocycles. The largest absolute Gasteiger partial charge is 0.484 e. The summed E-state index contributed by atoms with van der Waals surface area (Å²) in [7, 11) is 0. The fourth-order valence-corrected chi connectivity index (χ4v) is 2.25. The predicted molar refractivity (Wildman–Crippen MR) is 102 cm³/mol. The van der Waals surface area contributed by atoms with Gasteiger partial charge in [-0.1, -0.05) is 48.5 Å². The SMILES string of the molecule is C=C(CCNC(=O)COc1ccc(Cl)c(F)c1)C(=O)NCc1ccccc1. The van der Waals surface area contributed by atoms with Crippen molar-refractivity contribution in [2.45, 2.75) is 13.0 Å². The summed E-state index contributed by atoms with van der Waals surface area (Å²) in [5, 5.41) is 5.37. The number of hydrogen-bond donors (Lipinski definition) is 2. The minimum Gasteiger partial charge on any atom is -0.484 e. The van der Waals surface area contributed by atoms with Gasteiger partial charge in [-0.25, -0.2) is 4.39 Å². The normalized spacial score (nSPS) is 10.1. The van der Waals surface area contributed by atoms with Gasteiger partial charge in [0.25, 0.3) is 5.91 Å². The third-order valence-corrected chi connectivity index (χ3v) is 3.93. The van der Waals surface area contributed by atoms with E-state index >= 15 is 0 Å². The molecule has 5 nitrogen and oxygen atoms in total. The molecule has 27 heavy (non-hydrogen) atoms. The highest BCUT2D eigenvalue weighted by Gasteiger charge is 2.09. The van der Waals surface area contributed by atoms with Crippen LogP contribution in [0, 0.1) is 5.82 Å². The van der Waals surface area contributed by atoms with Crippen LogP contribution in [0.3, 0.4) is 0 Å². The predicted octanol–water partition coefficient (Wildman–Crippen LogP) is 3.24. The van der Waals surface area contributed by atoms with Gasteiger partial charge in [0.05, 0.1) is 5.02 Å². The second kappa shape index (κ2) is 10.3. The summed E-state index contributed by atoms with van der Waals surface area (Å²) in [6.07, 6.45) is 0.307. The van der Waals surface area contributed by atoms with Crippen LogP contribution in [-0.2, 0) is 16.1 Å². The molecule has 0 aromatic heterocycles. The first kappa shape index (κ1) is 20.5. The molecule has 0 aliphatic carbocycles. The number of halogens is 2. The molecule has 0 unspecified atom stereocenters. The maximum atomic E-state index is 13.3. The minimum absolute atomic E-state index is 0.0177. The van der Waals surface area contributed by atoms with E-state index in [0.29, 0.717) is 18.5 Å². The molecule has 0 heterocycles. The Balaban J connectivity index is 1.64. The number of carbonyl (C=O) groups is 2. The molecule has 2 aromatic rings. The first-order valence-electron chi connectivity index (χ1n) is 8.30. The molecule has 0 fully saturated rings. The highest BCUT2D eigenvalue weighted by molar-refractivity contribution is 6.30. The lowest BCUT2D eigenvalue weighted by Crippen LogP contribution is -2.31. The van der Waals surface area contributed by atoms with Crippen molar-refractivity contribution in [1.29, 1.82) is 0 Å². The van der Waals surface area contributed by atoms with Crippen LogP contribution in [0.15, 0.2) is 60.7 Å². The summed E-state index contributed by atoms with van der Waals surface area (Å²) in [5.41, 5.74) is 1.36. The van der Waals surface area contributed by atoms with E-state index in [1.54, 1.807) is 0 Å². The van der Waals surface area contributed by atoms with E-state index < -0.39 is 5.82 Å². The summed E-state index contributed by atoms with van der Waals surface area (Å²) in [5.74, 6) is -1.06. The summed E-state index contributed by atoms with van der Waals surface area (Å²) in [6.45, 7) is 4.11. The maximum Gasteiger partial charge on any atom is 0.257 e. The van der Waals surface area contributed by atoms with Gasteiger partial charge in [0, 0.05) is 24.7 Å². The quantitative estimate of drug-likeness (QED) is 0.646. The highest BCUT2D eigenvalue weighted by Crippen LogP contribution is 2.20. The lowest BCUT2D eigenvalue weighted by molar-refractivity contribution is -0.123. The van der Waals surface area contributed by atoms with Gasteiger partial charge in [0.15, 0.2) is 6.61 Å². The average molecular weight is 391 g/mol. The number of nitrogens with one attached hydrogen (secondary N) is 2. The number of carbonyl (C=O) groups excluding carboxylic acids is 2. The van der Waals surface area contributed by atoms with E-state index in [1.165, 1.54) is 12.1 Å². The van der Waals surface area contributed by atoms with Crippen LogP contribution in [-0.4, -0.2) is 25.0 Å². The molecule has 0 aliphatic rings. The van der Waals surface area contributed by atoms with E-state index in [2.05, 4.69) is 17.2 Å². The summed E-state index contributed by atoms with van der Waals surface area (Å²) in [6, 6.07) is 13.4. The summed E-state index contributed by atoms with van der Waals surface area (Å²) < 4.78 is 18.5. The van der Waals surface area contributed by atoms with Gasteiger partial charge in [-0.2, -0.15) is 0 Å². The van der Waals surface area contributed by atoms with Crippen molar-refractivity contribution < 1.29 is 18.7 Å². The minimum atomic E-state index is -0.618. The lowest BCUT2D eigenvalue weighted by Gasteiger charge is -2.10. The summed E-state index contributed by atoms with van der Waals surface area (Å²) in [4.78, 5) is 23.7. The van der Waals surface area contributed by atoms with Crippen molar-refractivity contribution in [1.82, 2.24) is 10.6 Å². The molecule has 0 atom stereocenters. The van der Waals surface area contributed by atoms with Gasteiger partial charge in [-0.15, -0.1) is 0 Å². The van der Waals surface area contributed by atoms with Crippen molar-refractivity contribution in [3.05, 3.63) is 77.1 Å². The van der Waals surface area contributed by atoms with Gasteiger partial charge in [-0.05, 0) is 24.1 Å². The van der Waals surface area contributed by atoms with Gasteiger partial charge >= 0.3 is 0 Å². The standard InChI is InChI=1S/C20H20ClFN2O3/c1-14(20(26)24-12-15-5-3-2-4-6-15)9-10-23-19(25)13-27-16-7-8-17(21)18(22)11-16/h2-8,11H,1,9-10,12-13H2,(H,23,25)(H,24,26). The van der Waals surface area contributed by atoms with E-state index in [4.69, 9.17) is 16.3 Å². The smallest absolute Gasteiger partial charge is 0.257 e. The van der Waals surface area contributed by atoms with Crippen molar-refractivity contribution in [3.8, 4) is 5.75 Å². The molecule has 0 radical (unpaired) electrons. The third kappa shape index (κ3) is 7.11. The fraction of sp³-hybridized carbons (Fsp3) is 0.200. The molecule has 0 saturated heterocycles. The van der Waals surface area contributed by atoms with Crippen LogP contribution in [0.4, 0.5) is 4.39 Å². The molecule has 142 valence electrons. The number of ether oxygens (including phenoxy) is 1. The first-order chi connectivity index (χ1) is 13.0. The molecule has 7 heteroatoms. The Morgan fingerprint density at radius 1 is 1.11 bits per heavy atom. The zero-order valence-electron chi connectivity index (χ0n) is 14.6. The van der Waals surface area contributed by atoms with Crippen LogP contribution >= 0.6 is 11.6 Å². The van der Waals surface area contributed by atoms with Crippen molar-refractivity contribution >= 4 is 23.4 Å². The molecule has 0 aliphatic heterocycles. The maximum absolute atomic E-state index is 13.3. The van der Waals surface area contributed by atoms with E-state index in [-0.39, 0.29) is 35.7 Å². The second-order valence-corrected chi connectivity index (χ2v) is 6.14. The zero-order chi connectivity index (χ0) is 19.6. The van der Waals surface area contributed by atoms with Crippen molar-refractivity contribution in [2.24, 2.45) is 0 Å². The molecule has 0 bridgehead atoms. The van der Waals surface area contributed by atoms with Gasteiger partial charge in [-0.3, -0.25) is 9.59 Å². The van der Waals surface area contributed by atoms with Crippen molar-refractivity contribution in [2.75, 3.05) is 13.2 Å². The van der Waals surface area contributed by atoms with Crippen LogP contribution < -0.4 is 15.4 Å². The Bertz CT molecular complexity index is 812. The van der Waals surface area contributed by atoms with Crippen LogP contribution in [0.25, 0.3) is 0 Å². The molecule has 2 rings (SSSR count). The van der Waals surface area contributed by atoms with Crippen LogP contribution in [0.5, 0.6) is 5.75 Å². The Morgan fingerprint density at radius 3 is 2.56 bits per heavy atom. The zero-order valence-corrected chi connectivity index (χ0v) is 15.4. The fourth-order valence-electron chi connectivity index (χ4n) is 2.14. The highest BCUT2D eigenvalue weighted by atomic mass is 35.5. The number of amides is 2. The molecule has 2 amide bonds. The lowest BCUT2D eigenvalue weighted by atomic mass is 10.2. The van der Waals surface area contributed by atoms with Crippen molar-refractivity contribution in [3.63, 3.8) is 0 Å². The molecule has 0 spiro atoms.